The Morgan fingerprint density at radius 3 is 2.72 bits per heavy atom. The first-order chi connectivity index (χ1) is 8.40. The Kier molecular flexibility index (Phi) is 4.49. The van der Waals surface area contributed by atoms with Gasteiger partial charge in [-0.2, -0.15) is 0 Å². The molecule has 0 spiro atoms. The second-order valence-electron chi connectivity index (χ2n) is 3.00. The summed E-state index contributed by atoms with van der Waals surface area (Å²) < 4.78 is 30.1. The molecule has 0 aliphatic rings. The minimum atomic E-state index is -3.15. The molecule has 0 aliphatic carbocycles. The molecule has 9 heteroatoms. The van der Waals surface area contributed by atoms with Crippen molar-refractivity contribution in [2.75, 3.05) is 6.61 Å². The lowest BCUT2D eigenvalue weighted by Gasteiger charge is -2.08. The van der Waals surface area contributed by atoms with Crippen molar-refractivity contribution in [3.63, 3.8) is 0 Å². The molecule has 0 aliphatic heterocycles. The summed E-state index contributed by atoms with van der Waals surface area (Å²) in [4.78, 5) is 24.1. The second-order valence-corrected chi connectivity index (χ2v) is 3.38. The van der Waals surface area contributed by atoms with E-state index in [-0.39, 0.29) is 6.61 Å². The van der Waals surface area contributed by atoms with Crippen LogP contribution >= 0.6 is 11.6 Å². The molecule has 1 aromatic rings. The molecule has 0 fully saturated rings. The Hall–Kier alpha value is -1.83. The average molecular weight is 281 g/mol. The van der Waals surface area contributed by atoms with Gasteiger partial charge in [-0.3, -0.25) is 0 Å². The van der Waals surface area contributed by atoms with Crippen LogP contribution in [-0.4, -0.2) is 22.5 Å². The fourth-order valence-corrected chi connectivity index (χ4v) is 1.50. The molecule has 6 nitrogen and oxygen atoms in total. The lowest BCUT2D eigenvalue weighted by Crippen LogP contribution is -2.11. The summed E-state index contributed by atoms with van der Waals surface area (Å²) in [5, 5.41) is 9.64. The van der Waals surface area contributed by atoms with E-state index < -0.39 is 39.3 Å². The van der Waals surface area contributed by atoms with Crippen molar-refractivity contribution in [2.24, 2.45) is 0 Å². The predicted molar refractivity (Wildman–Crippen MR) is 56.8 cm³/mol. The van der Waals surface area contributed by atoms with Crippen molar-refractivity contribution in [1.82, 2.24) is 4.98 Å². The van der Waals surface area contributed by atoms with E-state index in [2.05, 4.69) is 9.72 Å². The third kappa shape index (κ3) is 2.70. The van der Waals surface area contributed by atoms with Crippen LogP contribution in [0.3, 0.4) is 0 Å². The maximum atomic E-state index is 12.8. The fraction of sp³-hybridized carbons (Fsp3) is 0.333. The summed E-state index contributed by atoms with van der Waals surface area (Å²) >= 11 is 5.46. The van der Waals surface area contributed by atoms with E-state index in [4.69, 9.17) is 11.6 Å². The van der Waals surface area contributed by atoms with Crippen molar-refractivity contribution < 1.29 is 23.2 Å². The molecule has 1 aromatic heterocycles. The van der Waals surface area contributed by atoms with Crippen LogP contribution in [0.1, 0.15) is 29.3 Å². The van der Waals surface area contributed by atoms with Gasteiger partial charge in [0.2, 0.25) is 0 Å². The molecule has 0 radical (unpaired) electrons. The van der Waals surface area contributed by atoms with E-state index in [0.717, 1.165) is 0 Å². The Morgan fingerprint density at radius 1 is 1.67 bits per heavy atom. The number of halogens is 3. The van der Waals surface area contributed by atoms with Crippen LogP contribution < -0.4 is 0 Å². The Bertz CT molecular complexity index is 496. The van der Waals surface area contributed by atoms with Gasteiger partial charge in [-0.1, -0.05) is 11.6 Å². The largest absolute Gasteiger partial charge is 0.462 e. The van der Waals surface area contributed by atoms with E-state index in [0.29, 0.717) is 6.20 Å². The number of carbonyl (C=O) groups is 1. The van der Waals surface area contributed by atoms with Gasteiger partial charge in [0.25, 0.3) is 6.43 Å². The highest BCUT2D eigenvalue weighted by molar-refractivity contribution is 6.33. The summed E-state index contributed by atoms with van der Waals surface area (Å²) in [6.07, 6.45) is -2.50. The number of nitro groups is 1. The molecule has 18 heavy (non-hydrogen) atoms. The van der Waals surface area contributed by atoms with Crippen LogP contribution in [0.2, 0.25) is 5.02 Å². The van der Waals surface area contributed by atoms with Crippen molar-refractivity contribution in [3.8, 4) is 0 Å². The highest BCUT2D eigenvalue weighted by Gasteiger charge is 2.30. The van der Waals surface area contributed by atoms with Crippen LogP contribution in [0.4, 0.5) is 14.6 Å². The Balaban J connectivity index is 3.41. The first kappa shape index (κ1) is 14.2. The van der Waals surface area contributed by atoms with Crippen LogP contribution in [0, 0.1) is 10.1 Å². The number of carbonyl (C=O) groups excluding carboxylic acids is 1. The van der Waals surface area contributed by atoms with Crippen molar-refractivity contribution >= 4 is 23.4 Å². The van der Waals surface area contributed by atoms with Crippen LogP contribution in [0.25, 0.3) is 0 Å². The average Bonchev–Trinajstić information content (AvgIpc) is 2.27. The van der Waals surface area contributed by atoms with E-state index in [9.17, 15) is 23.7 Å². The molecule has 1 heterocycles. The van der Waals surface area contributed by atoms with Gasteiger partial charge in [-0.05, 0) is 16.8 Å². The second kappa shape index (κ2) is 5.67. The summed E-state index contributed by atoms with van der Waals surface area (Å²) in [5.41, 5.74) is -1.53. The number of rotatable bonds is 4. The zero-order chi connectivity index (χ0) is 13.9. The Labute approximate surface area is 105 Å². The number of aromatic nitrogens is 1. The molecule has 0 aromatic carbocycles. The molecule has 0 N–H and O–H groups in total. The molecular formula is C9H7ClF2N2O4. The molecule has 0 saturated carbocycles. The first-order valence-corrected chi connectivity index (χ1v) is 5.06. The van der Waals surface area contributed by atoms with Gasteiger partial charge in [0.15, 0.2) is 6.20 Å². The van der Waals surface area contributed by atoms with E-state index >= 15 is 0 Å². The molecule has 98 valence electrons. The van der Waals surface area contributed by atoms with Crippen molar-refractivity contribution in [1.29, 1.82) is 0 Å². The summed E-state index contributed by atoms with van der Waals surface area (Å²) in [5.74, 6) is -1.99. The highest BCUT2D eigenvalue weighted by Crippen LogP contribution is 2.35. The molecule has 0 bridgehead atoms. The van der Waals surface area contributed by atoms with Gasteiger partial charge in [0, 0.05) is 0 Å². The van der Waals surface area contributed by atoms with Gasteiger partial charge >= 0.3 is 11.8 Å². The van der Waals surface area contributed by atoms with Crippen molar-refractivity contribution in [3.05, 3.63) is 32.5 Å². The number of hydrogen-bond donors (Lipinski definition) is 0. The smallest absolute Gasteiger partial charge is 0.382 e. The van der Waals surface area contributed by atoms with Crippen LogP contribution in [0.15, 0.2) is 6.20 Å². The Morgan fingerprint density at radius 2 is 2.28 bits per heavy atom. The summed E-state index contributed by atoms with van der Waals surface area (Å²) in [6, 6.07) is 0. The third-order valence-corrected chi connectivity index (χ3v) is 2.30. The highest BCUT2D eigenvalue weighted by atomic mass is 35.5. The standard InChI is InChI=1S/C9H7ClF2N2O4/c1-2-18-9(15)4-3-13-8(14(16)17)6(10)5(4)7(11)12/h3,7H,2H2,1H3. The van der Waals surface area contributed by atoms with Gasteiger partial charge in [-0.15, -0.1) is 0 Å². The number of esters is 1. The van der Waals surface area contributed by atoms with Gasteiger partial charge in [-0.25, -0.2) is 13.6 Å². The monoisotopic (exact) mass is 280 g/mol. The number of alkyl halides is 2. The zero-order valence-corrected chi connectivity index (χ0v) is 9.78. The lowest BCUT2D eigenvalue weighted by atomic mass is 10.1. The quantitative estimate of drug-likeness (QED) is 0.481. The minimum absolute atomic E-state index is 0.0316. The van der Waals surface area contributed by atoms with Crippen molar-refractivity contribution in [2.45, 2.75) is 13.3 Å². The predicted octanol–water partition coefficient (Wildman–Crippen LogP) is 2.76. The molecule has 0 unspecified atom stereocenters. The number of ether oxygens (including phenoxy) is 1. The summed E-state index contributed by atoms with van der Waals surface area (Å²) in [7, 11) is 0. The normalized spacial score (nSPS) is 10.5. The van der Waals surface area contributed by atoms with Gasteiger partial charge in [0.1, 0.15) is 10.6 Å². The lowest BCUT2D eigenvalue weighted by molar-refractivity contribution is -0.389. The minimum Gasteiger partial charge on any atom is -0.462 e. The van der Waals surface area contributed by atoms with Gasteiger partial charge in [0.05, 0.1) is 12.2 Å². The number of pyridine rings is 1. The first-order valence-electron chi connectivity index (χ1n) is 4.68. The maximum Gasteiger partial charge on any atom is 0.382 e. The molecule has 0 amide bonds. The van der Waals surface area contributed by atoms with E-state index in [1.165, 1.54) is 6.92 Å². The van der Waals surface area contributed by atoms with E-state index in [1.807, 2.05) is 0 Å². The topological polar surface area (TPSA) is 82.3 Å². The zero-order valence-electron chi connectivity index (χ0n) is 9.02. The number of hydrogen-bond acceptors (Lipinski definition) is 5. The fourth-order valence-electron chi connectivity index (χ4n) is 1.20. The molecule has 1 rings (SSSR count). The third-order valence-electron chi connectivity index (χ3n) is 1.93. The van der Waals surface area contributed by atoms with Crippen LogP contribution in [0.5, 0.6) is 0 Å². The molecule has 0 atom stereocenters. The summed E-state index contributed by atoms with van der Waals surface area (Å²) in [6.45, 7) is 1.45. The molecule has 0 saturated heterocycles. The maximum absolute atomic E-state index is 12.8. The van der Waals surface area contributed by atoms with E-state index in [1.54, 1.807) is 0 Å². The van der Waals surface area contributed by atoms with Crippen LogP contribution in [-0.2, 0) is 4.74 Å². The number of nitrogens with zero attached hydrogens (tertiary/aromatic N) is 2. The molecular weight excluding hydrogens is 274 g/mol. The van der Waals surface area contributed by atoms with Gasteiger partial charge < -0.3 is 14.9 Å². The SMILES string of the molecule is CCOC(=O)c1cnc([N+](=O)[O-])c(Cl)c1C(F)F.